The van der Waals surface area contributed by atoms with Crippen LogP contribution in [0.2, 0.25) is 19.6 Å². The Morgan fingerprint density at radius 3 is 2.05 bits per heavy atom. The van der Waals surface area contributed by atoms with Crippen LogP contribution in [0.15, 0.2) is 36.4 Å². The Labute approximate surface area is 170 Å². The summed E-state index contributed by atoms with van der Waals surface area (Å²) in [7, 11) is -1.15. The maximum absolute atomic E-state index is 2.41. The molecule has 2 aromatic carbocycles. The van der Waals surface area contributed by atoms with Crippen molar-refractivity contribution < 1.29 is 58.9 Å². The Balaban J connectivity index is -0.000000902. The molecule has 22 heavy (non-hydrogen) atoms. The van der Waals surface area contributed by atoms with Crippen LogP contribution in [0.4, 0.5) is 0 Å². The number of rotatable bonds is 3. The topological polar surface area (TPSA) is 0 Å². The zero-order chi connectivity index (χ0) is 13.3. The van der Waals surface area contributed by atoms with E-state index >= 15 is 0 Å². The second-order valence-electron chi connectivity index (χ2n) is 6.36. The first kappa shape index (κ1) is 27.2. The van der Waals surface area contributed by atoms with Gasteiger partial charge in [-0.1, -0.05) is 49.0 Å². The molecule has 0 bridgehead atoms. The molecular weight excluding hydrogens is 386 g/mol. The van der Waals surface area contributed by atoms with Crippen molar-refractivity contribution in [3.8, 4) is 0 Å². The smallest absolute Gasteiger partial charge is 1.00 e. The summed E-state index contributed by atoms with van der Waals surface area (Å²) in [5, 5.41) is 1.57. The first-order valence-corrected chi connectivity index (χ1v) is 10.2. The van der Waals surface area contributed by atoms with Gasteiger partial charge in [-0.3, -0.25) is 0 Å². The van der Waals surface area contributed by atoms with Crippen molar-refractivity contribution in [1.82, 2.24) is 0 Å². The molecule has 0 heterocycles. The Morgan fingerprint density at radius 1 is 0.955 bits per heavy atom. The normalized spacial score (nSPS) is 9.68. The largest absolute Gasteiger partial charge is 4.00 e. The van der Waals surface area contributed by atoms with Crippen LogP contribution in [0.5, 0.6) is 0 Å². The van der Waals surface area contributed by atoms with Crippen LogP contribution in [0.1, 0.15) is 22.3 Å². The van der Waals surface area contributed by atoms with E-state index in [1.54, 1.807) is 5.19 Å². The summed E-state index contributed by atoms with van der Waals surface area (Å²) in [5.41, 5.74) is 5.67. The second kappa shape index (κ2) is 11.0. The third-order valence-electron chi connectivity index (χ3n) is 3.58. The molecule has 2 rings (SSSR count). The van der Waals surface area contributed by atoms with Gasteiger partial charge in [-0.2, -0.15) is 17.7 Å². The second-order valence-corrected chi connectivity index (χ2v) is 11.4. The van der Waals surface area contributed by atoms with Crippen molar-refractivity contribution in [3.63, 3.8) is 0 Å². The molecule has 0 aliphatic heterocycles. The molecule has 5 heteroatoms. The van der Waals surface area contributed by atoms with E-state index in [1.165, 1.54) is 22.3 Å². The van der Waals surface area contributed by atoms with Gasteiger partial charge >= 0.3 is 21.7 Å². The summed E-state index contributed by atoms with van der Waals surface area (Å²) in [6.07, 6.45) is 1.07. The quantitative estimate of drug-likeness (QED) is 0.353. The van der Waals surface area contributed by atoms with E-state index in [0.29, 0.717) is 0 Å². The fourth-order valence-corrected chi connectivity index (χ4v) is 3.48. The van der Waals surface area contributed by atoms with Crippen LogP contribution in [0.25, 0.3) is 0 Å². The Bertz CT molecular complexity index is 559. The van der Waals surface area contributed by atoms with Gasteiger partial charge in [0.05, 0.1) is 0 Å². The maximum atomic E-state index is 2.41. The average Bonchev–Trinajstić information content (AvgIpc) is 2.71. The zero-order valence-corrected chi connectivity index (χ0v) is 18.6. The third kappa shape index (κ3) is 7.29. The minimum Gasteiger partial charge on any atom is -1.00 e. The molecular formula is C17H23Cl3SiTi. The summed E-state index contributed by atoms with van der Waals surface area (Å²) in [5.74, 6) is 0. The van der Waals surface area contributed by atoms with Gasteiger partial charge in [-0.05, 0) is 25.8 Å². The Kier molecular flexibility index (Phi) is 13.6. The molecule has 0 atom stereocenters. The number of benzene rings is 1. The van der Waals surface area contributed by atoms with Crippen molar-refractivity contribution in [1.29, 1.82) is 0 Å². The molecule has 2 aromatic rings. The number of hydrogen-bond donors (Lipinski definition) is 0. The van der Waals surface area contributed by atoms with Crippen LogP contribution in [0.3, 0.4) is 0 Å². The summed E-state index contributed by atoms with van der Waals surface area (Å²) < 4.78 is 0. The summed E-state index contributed by atoms with van der Waals surface area (Å²) in [6.45, 7) is 11.6. The first-order valence-electron chi connectivity index (χ1n) is 6.68. The van der Waals surface area contributed by atoms with Crippen molar-refractivity contribution in [2.75, 3.05) is 0 Å². The van der Waals surface area contributed by atoms with Gasteiger partial charge < -0.3 is 37.2 Å². The molecule has 0 spiro atoms. The fraction of sp³-hybridized carbons (Fsp3) is 0.353. The predicted octanol–water partition coefficient (Wildman–Crippen LogP) is -4.83. The monoisotopic (exact) mass is 408 g/mol. The molecule has 0 radical (unpaired) electrons. The molecule has 0 unspecified atom stereocenters. The minimum absolute atomic E-state index is 0. The minimum atomic E-state index is -1.15. The Morgan fingerprint density at radius 2 is 1.55 bits per heavy atom. The van der Waals surface area contributed by atoms with Crippen molar-refractivity contribution in [2.45, 2.75) is 39.9 Å². The number of aryl methyl sites for hydroxylation is 2. The molecule has 0 N–H and O–H groups in total. The fourth-order valence-electron chi connectivity index (χ4n) is 2.28. The van der Waals surface area contributed by atoms with Gasteiger partial charge in [-0.15, -0.1) is 0 Å². The van der Waals surface area contributed by atoms with E-state index in [1.807, 2.05) is 0 Å². The van der Waals surface area contributed by atoms with E-state index in [-0.39, 0.29) is 58.9 Å². The molecule has 120 valence electrons. The molecule has 0 saturated carbocycles. The molecule has 0 nitrogen and oxygen atoms in total. The molecule has 0 amide bonds. The van der Waals surface area contributed by atoms with Crippen molar-refractivity contribution in [3.05, 3.63) is 58.7 Å². The van der Waals surface area contributed by atoms with Crippen LogP contribution < -0.4 is 42.4 Å². The van der Waals surface area contributed by atoms with E-state index in [2.05, 4.69) is 69.9 Å². The molecule has 0 aliphatic carbocycles. The van der Waals surface area contributed by atoms with E-state index < -0.39 is 8.07 Å². The number of hydrogen-bond acceptors (Lipinski definition) is 0. The van der Waals surface area contributed by atoms with Gasteiger partial charge in [0.2, 0.25) is 0 Å². The van der Waals surface area contributed by atoms with E-state index in [9.17, 15) is 0 Å². The molecule has 0 aliphatic rings. The van der Waals surface area contributed by atoms with Crippen LogP contribution in [-0.4, -0.2) is 8.07 Å². The maximum Gasteiger partial charge on any atom is 4.00 e. The van der Waals surface area contributed by atoms with Crippen molar-refractivity contribution in [2.24, 2.45) is 0 Å². The summed E-state index contributed by atoms with van der Waals surface area (Å²) in [6, 6.07) is 13.8. The number of halogens is 3. The van der Waals surface area contributed by atoms with E-state index in [4.69, 9.17) is 0 Å². The average molecular weight is 410 g/mol. The van der Waals surface area contributed by atoms with Gasteiger partial charge in [0.1, 0.15) is 0 Å². The molecule has 0 aromatic heterocycles. The zero-order valence-electron chi connectivity index (χ0n) is 13.8. The van der Waals surface area contributed by atoms with Crippen LogP contribution >= 0.6 is 0 Å². The van der Waals surface area contributed by atoms with Gasteiger partial charge in [0.15, 0.2) is 0 Å². The van der Waals surface area contributed by atoms with E-state index in [0.717, 1.165) is 6.42 Å². The molecule has 0 saturated heterocycles. The van der Waals surface area contributed by atoms with Gasteiger partial charge in [0, 0.05) is 8.07 Å². The Hall–Kier alpha value is 0.371. The predicted molar refractivity (Wildman–Crippen MR) is 83.7 cm³/mol. The van der Waals surface area contributed by atoms with Gasteiger partial charge in [0.25, 0.3) is 0 Å². The van der Waals surface area contributed by atoms with Gasteiger partial charge in [-0.25, -0.2) is 11.3 Å². The van der Waals surface area contributed by atoms with Crippen LogP contribution in [-0.2, 0) is 28.1 Å². The van der Waals surface area contributed by atoms with Crippen molar-refractivity contribution >= 4 is 13.3 Å². The third-order valence-corrected chi connectivity index (χ3v) is 5.63. The summed E-state index contributed by atoms with van der Waals surface area (Å²) >= 11 is 0. The molecule has 0 fully saturated rings. The first-order chi connectivity index (χ1) is 8.36. The summed E-state index contributed by atoms with van der Waals surface area (Å²) in [4.78, 5) is 0. The standard InChI is InChI=1S/C17H23Si.3ClH.Ti/c1-13-6-7-14(2)16(10-13)11-15-8-9-17(12-15)18(3,4)5;;;;/h6-10,12H,11H2,1-5H3;3*1H;/q-1;;;;+4/p-3. The van der Waals surface area contributed by atoms with Crippen LogP contribution in [0, 0.1) is 13.8 Å². The SMILES string of the molecule is Cc1ccc(C)c(C[c-]2ccc([Si](C)(C)C)c2)c1.[Cl-].[Cl-].[Cl-].[Ti+4].